The average molecular weight is 216 g/mol. The normalized spacial score (nSPS) is 13.6. The van der Waals surface area contributed by atoms with Gasteiger partial charge in [-0.25, -0.2) is 4.98 Å². The number of thiazole rings is 1. The highest BCUT2D eigenvalue weighted by Gasteiger charge is 2.09. The van der Waals surface area contributed by atoms with Crippen LogP contribution in [-0.2, 0) is 0 Å². The Morgan fingerprint density at radius 1 is 1.62 bits per heavy atom. The molecule has 1 rings (SSSR count). The third-order valence-corrected chi connectivity index (χ3v) is 4.14. The van der Waals surface area contributed by atoms with Crippen LogP contribution in [0.3, 0.4) is 0 Å². The van der Waals surface area contributed by atoms with E-state index in [0.717, 1.165) is 15.8 Å². The molecule has 1 unspecified atom stereocenters. The smallest absolute Gasteiger partial charge is 0.150 e. The van der Waals surface area contributed by atoms with E-state index in [1.807, 2.05) is 6.92 Å². The maximum absolute atomic E-state index is 5.93. The molecule has 1 atom stereocenters. The Balaban J connectivity index is 2.35. The van der Waals surface area contributed by atoms with E-state index in [1.165, 1.54) is 0 Å². The Morgan fingerprint density at radius 2 is 2.31 bits per heavy atom. The van der Waals surface area contributed by atoms with E-state index >= 15 is 0 Å². The molecule has 0 fully saturated rings. The second-order valence-corrected chi connectivity index (χ2v) is 5.60. The first-order chi connectivity index (χ1) is 6.09. The van der Waals surface area contributed by atoms with Gasteiger partial charge in [0.15, 0.2) is 0 Å². The predicted molar refractivity (Wildman–Crippen MR) is 60.4 cm³/mol. The van der Waals surface area contributed by atoms with E-state index in [-0.39, 0.29) is 6.04 Å². The third kappa shape index (κ3) is 3.67. The molecule has 0 amide bonds. The lowest BCUT2D eigenvalue weighted by molar-refractivity contribution is 0.535. The molecule has 0 aliphatic carbocycles. The standard InChI is InChI=1S/C9H16N2S2/c1-6(2)8(10)5-13-9-11-7(3)4-12-9/h4,6,8H,5,10H2,1-3H3. The highest BCUT2D eigenvalue weighted by atomic mass is 32.2. The fourth-order valence-corrected chi connectivity index (χ4v) is 2.83. The van der Waals surface area contributed by atoms with Crippen LogP contribution in [-0.4, -0.2) is 16.8 Å². The largest absolute Gasteiger partial charge is 0.327 e. The van der Waals surface area contributed by atoms with Crippen LogP contribution in [0, 0.1) is 12.8 Å². The lowest BCUT2D eigenvalue weighted by atomic mass is 10.1. The fourth-order valence-electron chi connectivity index (χ4n) is 0.759. The number of aryl methyl sites for hydroxylation is 1. The maximum Gasteiger partial charge on any atom is 0.150 e. The summed E-state index contributed by atoms with van der Waals surface area (Å²) in [6.07, 6.45) is 0. The van der Waals surface area contributed by atoms with E-state index in [4.69, 9.17) is 5.73 Å². The minimum Gasteiger partial charge on any atom is -0.327 e. The van der Waals surface area contributed by atoms with Crippen molar-refractivity contribution in [1.82, 2.24) is 4.98 Å². The Bertz CT molecular complexity index is 258. The molecule has 0 radical (unpaired) electrons. The first kappa shape index (κ1) is 11.0. The lowest BCUT2D eigenvalue weighted by Gasteiger charge is -2.13. The molecule has 0 aliphatic heterocycles. The van der Waals surface area contributed by atoms with Crippen molar-refractivity contribution >= 4 is 23.1 Å². The van der Waals surface area contributed by atoms with Gasteiger partial charge < -0.3 is 5.73 Å². The van der Waals surface area contributed by atoms with E-state index in [0.29, 0.717) is 5.92 Å². The van der Waals surface area contributed by atoms with Crippen LogP contribution in [0.1, 0.15) is 19.5 Å². The van der Waals surface area contributed by atoms with E-state index in [1.54, 1.807) is 23.1 Å². The number of aromatic nitrogens is 1. The zero-order valence-corrected chi connectivity index (χ0v) is 9.91. The predicted octanol–water partition coefficient (Wildman–Crippen LogP) is 2.53. The number of hydrogen-bond donors (Lipinski definition) is 1. The summed E-state index contributed by atoms with van der Waals surface area (Å²) in [6, 6.07) is 0.272. The van der Waals surface area contributed by atoms with Gasteiger partial charge in [0, 0.05) is 22.9 Å². The number of nitrogens with two attached hydrogens (primary N) is 1. The van der Waals surface area contributed by atoms with Gasteiger partial charge in [0.1, 0.15) is 4.34 Å². The van der Waals surface area contributed by atoms with Crippen LogP contribution < -0.4 is 5.73 Å². The fraction of sp³-hybridized carbons (Fsp3) is 0.667. The first-order valence-electron chi connectivity index (χ1n) is 4.40. The van der Waals surface area contributed by atoms with E-state index in [9.17, 15) is 0 Å². The van der Waals surface area contributed by atoms with Gasteiger partial charge in [-0.3, -0.25) is 0 Å². The van der Waals surface area contributed by atoms with Crippen LogP contribution in [0.25, 0.3) is 0 Å². The third-order valence-electron chi connectivity index (χ3n) is 1.85. The number of thioether (sulfide) groups is 1. The Kier molecular flexibility index (Phi) is 4.22. The molecule has 1 aromatic heterocycles. The van der Waals surface area contributed by atoms with Crippen LogP contribution in [0.2, 0.25) is 0 Å². The van der Waals surface area contributed by atoms with E-state index in [2.05, 4.69) is 24.2 Å². The van der Waals surface area contributed by atoms with Crippen molar-refractivity contribution in [2.45, 2.75) is 31.2 Å². The molecule has 0 spiro atoms. The molecular formula is C9H16N2S2. The average Bonchev–Trinajstić information content (AvgIpc) is 2.47. The van der Waals surface area contributed by atoms with Crippen molar-refractivity contribution in [3.05, 3.63) is 11.1 Å². The molecule has 0 aromatic carbocycles. The Morgan fingerprint density at radius 3 is 2.77 bits per heavy atom. The molecule has 2 N–H and O–H groups in total. The topological polar surface area (TPSA) is 38.9 Å². The van der Waals surface area contributed by atoms with Crippen molar-refractivity contribution in [3.8, 4) is 0 Å². The van der Waals surface area contributed by atoms with Crippen LogP contribution in [0.5, 0.6) is 0 Å². The molecule has 0 saturated carbocycles. The monoisotopic (exact) mass is 216 g/mol. The van der Waals surface area contributed by atoms with Crippen molar-refractivity contribution < 1.29 is 0 Å². The zero-order chi connectivity index (χ0) is 9.84. The maximum atomic E-state index is 5.93. The van der Waals surface area contributed by atoms with Crippen molar-refractivity contribution in [1.29, 1.82) is 0 Å². The molecule has 74 valence electrons. The van der Waals surface area contributed by atoms with Gasteiger partial charge in [-0.15, -0.1) is 11.3 Å². The Hall–Kier alpha value is -0.0600. The molecule has 2 nitrogen and oxygen atoms in total. The highest BCUT2D eigenvalue weighted by molar-refractivity contribution is 8.01. The molecule has 4 heteroatoms. The van der Waals surface area contributed by atoms with Gasteiger partial charge >= 0.3 is 0 Å². The summed E-state index contributed by atoms with van der Waals surface area (Å²) in [4.78, 5) is 4.37. The second kappa shape index (κ2) is 4.98. The molecule has 1 aromatic rings. The van der Waals surface area contributed by atoms with Gasteiger partial charge in [0.05, 0.1) is 0 Å². The number of rotatable bonds is 4. The molecular weight excluding hydrogens is 200 g/mol. The van der Waals surface area contributed by atoms with Gasteiger partial charge in [0.25, 0.3) is 0 Å². The highest BCUT2D eigenvalue weighted by Crippen LogP contribution is 2.23. The zero-order valence-electron chi connectivity index (χ0n) is 8.28. The van der Waals surface area contributed by atoms with Crippen molar-refractivity contribution in [2.24, 2.45) is 11.7 Å². The summed E-state index contributed by atoms with van der Waals surface area (Å²) in [5.41, 5.74) is 7.03. The van der Waals surface area contributed by atoms with Gasteiger partial charge in [-0.1, -0.05) is 25.6 Å². The van der Waals surface area contributed by atoms with Gasteiger partial charge in [0.2, 0.25) is 0 Å². The quantitative estimate of drug-likeness (QED) is 0.786. The summed E-state index contributed by atoms with van der Waals surface area (Å²) in [7, 11) is 0. The SMILES string of the molecule is Cc1csc(SCC(N)C(C)C)n1. The first-order valence-corrected chi connectivity index (χ1v) is 6.26. The molecule has 0 saturated heterocycles. The molecule has 13 heavy (non-hydrogen) atoms. The van der Waals surface area contributed by atoms with Crippen LogP contribution in [0.15, 0.2) is 9.72 Å². The Labute approximate surface area is 87.9 Å². The van der Waals surface area contributed by atoms with Crippen LogP contribution >= 0.6 is 23.1 Å². The van der Waals surface area contributed by atoms with Crippen molar-refractivity contribution in [2.75, 3.05) is 5.75 Å². The summed E-state index contributed by atoms with van der Waals surface area (Å²) in [5, 5.41) is 2.07. The summed E-state index contributed by atoms with van der Waals surface area (Å²) in [6.45, 7) is 6.32. The summed E-state index contributed by atoms with van der Waals surface area (Å²) >= 11 is 3.46. The second-order valence-electron chi connectivity index (χ2n) is 3.47. The molecule has 0 bridgehead atoms. The minimum atomic E-state index is 0.272. The number of hydrogen-bond acceptors (Lipinski definition) is 4. The number of nitrogens with zero attached hydrogens (tertiary/aromatic N) is 1. The van der Waals surface area contributed by atoms with Gasteiger partial charge in [-0.2, -0.15) is 0 Å². The summed E-state index contributed by atoms with van der Waals surface area (Å²) < 4.78 is 1.13. The van der Waals surface area contributed by atoms with Gasteiger partial charge in [-0.05, 0) is 12.8 Å². The van der Waals surface area contributed by atoms with Crippen LogP contribution in [0.4, 0.5) is 0 Å². The molecule has 0 aliphatic rings. The van der Waals surface area contributed by atoms with E-state index < -0.39 is 0 Å². The lowest BCUT2D eigenvalue weighted by Crippen LogP contribution is -2.28. The minimum absolute atomic E-state index is 0.272. The van der Waals surface area contributed by atoms with Crippen molar-refractivity contribution in [3.63, 3.8) is 0 Å². The summed E-state index contributed by atoms with van der Waals surface area (Å²) in [5.74, 6) is 1.51. The molecule has 1 heterocycles.